The molecule has 1 nitrogen and oxygen atoms in total. The van der Waals surface area contributed by atoms with Gasteiger partial charge in [-0.3, -0.25) is 4.79 Å². The van der Waals surface area contributed by atoms with Gasteiger partial charge >= 0.3 is 0 Å². The summed E-state index contributed by atoms with van der Waals surface area (Å²) in [7, 11) is 0. The van der Waals surface area contributed by atoms with Gasteiger partial charge in [0, 0.05) is 17.8 Å². The average molecular weight is 317 g/mol. The molecule has 0 bridgehead atoms. The molecule has 130 valence electrons. The lowest BCUT2D eigenvalue weighted by Crippen LogP contribution is -2.09. The van der Waals surface area contributed by atoms with Crippen molar-refractivity contribution in [3.05, 3.63) is 48.6 Å². The van der Waals surface area contributed by atoms with E-state index in [1.807, 2.05) is 32.1 Å². The molecular weight excluding hydrogens is 280 g/mol. The molecule has 0 aromatic carbocycles. The van der Waals surface area contributed by atoms with Crippen LogP contribution in [0.5, 0.6) is 0 Å². The Balaban J connectivity index is 4.10. The van der Waals surface area contributed by atoms with E-state index in [1.54, 1.807) is 0 Å². The molecule has 0 aromatic heterocycles. The molecule has 0 saturated carbocycles. The second-order valence-electron chi connectivity index (χ2n) is 7.25. The highest BCUT2D eigenvalue weighted by Gasteiger charge is 2.14. The van der Waals surface area contributed by atoms with Crippen LogP contribution in [0.3, 0.4) is 0 Å². The fourth-order valence-corrected chi connectivity index (χ4v) is 2.37. The normalized spacial score (nSPS) is 13.3. The molecule has 0 radical (unpaired) electrons. The molecule has 1 heteroatoms. The van der Waals surface area contributed by atoms with Crippen LogP contribution in [0.2, 0.25) is 0 Å². The van der Waals surface area contributed by atoms with Crippen molar-refractivity contribution in [1.82, 2.24) is 0 Å². The fraction of sp³-hybridized carbons (Fsp3) is 0.591. The zero-order valence-electron chi connectivity index (χ0n) is 16.0. The molecule has 23 heavy (non-hydrogen) atoms. The SMILES string of the molecule is C=CC(C)(C=C)CC/C=C(\C)CCCC(C)C(=O)CC=C(C)C. The Bertz CT molecular complexity index is 439. The lowest BCUT2D eigenvalue weighted by molar-refractivity contribution is -0.121. The van der Waals surface area contributed by atoms with Crippen LogP contribution in [0.25, 0.3) is 0 Å². The summed E-state index contributed by atoms with van der Waals surface area (Å²) >= 11 is 0. The van der Waals surface area contributed by atoms with Crippen LogP contribution in [-0.2, 0) is 4.79 Å². The third-order valence-corrected chi connectivity index (χ3v) is 4.58. The Morgan fingerprint density at radius 1 is 1.13 bits per heavy atom. The van der Waals surface area contributed by atoms with Gasteiger partial charge in [-0.25, -0.2) is 0 Å². The number of rotatable bonds is 12. The Hall–Kier alpha value is -1.37. The minimum atomic E-state index is 0.0304. The van der Waals surface area contributed by atoms with E-state index in [0.717, 1.165) is 32.1 Å². The summed E-state index contributed by atoms with van der Waals surface area (Å²) in [5.41, 5.74) is 2.67. The van der Waals surface area contributed by atoms with E-state index in [1.165, 1.54) is 11.1 Å². The van der Waals surface area contributed by atoms with Crippen molar-refractivity contribution in [3.63, 3.8) is 0 Å². The Labute approximate surface area is 144 Å². The molecule has 0 aliphatic heterocycles. The third kappa shape index (κ3) is 10.1. The molecular formula is C22H36O. The lowest BCUT2D eigenvalue weighted by atomic mass is 9.85. The molecule has 0 aliphatic rings. The van der Waals surface area contributed by atoms with Crippen LogP contribution in [0, 0.1) is 11.3 Å². The van der Waals surface area contributed by atoms with E-state index in [0.29, 0.717) is 12.2 Å². The first-order valence-electron chi connectivity index (χ1n) is 8.83. The van der Waals surface area contributed by atoms with Crippen LogP contribution in [-0.4, -0.2) is 5.78 Å². The van der Waals surface area contributed by atoms with Gasteiger partial charge in [0.1, 0.15) is 5.78 Å². The maximum atomic E-state index is 12.0. The van der Waals surface area contributed by atoms with E-state index in [2.05, 4.69) is 40.0 Å². The van der Waals surface area contributed by atoms with Gasteiger partial charge in [-0.15, -0.1) is 13.2 Å². The van der Waals surface area contributed by atoms with Crippen molar-refractivity contribution in [2.75, 3.05) is 0 Å². The number of carbonyl (C=O) groups is 1. The number of carbonyl (C=O) groups excluding carboxylic acids is 1. The maximum absolute atomic E-state index is 12.0. The molecule has 0 aliphatic carbocycles. The lowest BCUT2D eigenvalue weighted by Gasteiger charge is -2.19. The summed E-state index contributed by atoms with van der Waals surface area (Å²) in [6, 6.07) is 0. The van der Waals surface area contributed by atoms with Gasteiger partial charge in [0.15, 0.2) is 0 Å². The Morgan fingerprint density at radius 3 is 2.26 bits per heavy atom. The molecule has 0 amide bonds. The molecule has 0 fully saturated rings. The van der Waals surface area contributed by atoms with E-state index >= 15 is 0 Å². The summed E-state index contributed by atoms with van der Waals surface area (Å²) in [6.45, 7) is 18.3. The number of Topliss-reactive ketones (excluding diaryl/α,β-unsaturated/α-hetero) is 1. The quantitative estimate of drug-likeness (QED) is 0.361. The smallest absolute Gasteiger partial charge is 0.139 e. The number of ketones is 1. The summed E-state index contributed by atoms with van der Waals surface area (Å²) < 4.78 is 0. The predicted octanol–water partition coefficient (Wildman–Crippen LogP) is 6.82. The maximum Gasteiger partial charge on any atom is 0.139 e. The number of allylic oxidation sites excluding steroid dienone is 6. The van der Waals surface area contributed by atoms with E-state index < -0.39 is 0 Å². The van der Waals surface area contributed by atoms with Crippen LogP contribution in [0.1, 0.15) is 73.1 Å². The predicted molar refractivity (Wildman–Crippen MR) is 104 cm³/mol. The van der Waals surface area contributed by atoms with Crippen molar-refractivity contribution < 1.29 is 4.79 Å². The van der Waals surface area contributed by atoms with Gasteiger partial charge < -0.3 is 0 Å². The molecule has 0 aromatic rings. The highest BCUT2D eigenvalue weighted by molar-refractivity contribution is 5.82. The first kappa shape index (κ1) is 21.6. The summed E-state index contributed by atoms with van der Waals surface area (Å²) in [4.78, 5) is 12.0. The molecule has 0 N–H and O–H groups in total. The van der Waals surface area contributed by atoms with Crippen LogP contribution in [0.4, 0.5) is 0 Å². The van der Waals surface area contributed by atoms with Crippen molar-refractivity contribution in [3.8, 4) is 0 Å². The topological polar surface area (TPSA) is 17.1 Å². The highest BCUT2D eigenvalue weighted by atomic mass is 16.1. The monoisotopic (exact) mass is 316 g/mol. The second-order valence-corrected chi connectivity index (χ2v) is 7.25. The summed E-state index contributed by atoms with van der Waals surface area (Å²) in [6.07, 6.45) is 14.1. The number of hydrogen-bond acceptors (Lipinski definition) is 1. The van der Waals surface area contributed by atoms with Gasteiger partial charge in [0.2, 0.25) is 0 Å². The summed E-state index contributed by atoms with van der Waals surface area (Å²) in [5.74, 6) is 0.531. The van der Waals surface area contributed by atoms with E-state index in [9.17, 15) is 4.79 Å². The summed E-state index contributed by atoms with van der Waals surface area (Å²) in [5, 5.41) is 0. The zero-order chi connectivity index (χ0) is 17.9. The molecule has 1 unspecified atom stereocenters. The van der Waals surface area contributed by atoms with E-state index in [-0.39, 0.29) is 11.3 Å². The van der Waals surface area contributed by atoms with E-state index in [4.69, 9.17) is 0 Å². The second kappa shape index (κ2) is 11.2. The molecule has 1 atom stereocenters. The van der Waals surface area contributed by atoms with Crippen LogP contribution >= 0.6 is 0 Å². The van der Waals surface area contributed by atoms with Gasteiger partial charge in [-0.2, -0.15) is 0 Å². The first-order valence-corrected chi connectivity index (χ1v) is 8.83. The average Bonchev–Trinajstić information content (AvgIpc) is 2.52. The highest BCUT2D eigenvalue weighted by Crippen LogP contribution is 2.26. The molecule has 0 saturated heterocycles. The van der Waals surface area contributed by atoms with Gasteiger partial charge in [0.25, 0.3) is 0 Å². The van der Waals surface area contributed by atoms with Crippen LogP contribution < -0.4 is 0 Å². The minimum absolute atomic E-state index is 0.0304. The molecule has 0 spiro atoms. The zero-order valence-corrected chi connectivity index (χ0v) is 16.0. The van der Waals surface area contributed by atoms with Gasteiger partial charge in [-0.1, -0.05) is 49.3 Å². The Morgan fingerprint density at radius 2 is 1.74 bits per heavy atom. The van der Waals surface area contributed by atoms with Gasteiger partial charge in [0.05, 0.1) is 0 Å². The number of hydrogen-bond donors (Lipinski definition) is 0. The molecule has 0 heterocycles. The molecule has 0 rings (SSSR count). The largest absolute Gasteiger partial charge is 0.299 e. The van der Waals surface area contributed by atoms with Crippen molar-refractivity contribution in [2.24, 2.45) is 11.3 Å². The first-order chi connectivity index (χ1) is 10.7. The Kier molecular flexibility index (Phi) is 10.5. The standard InChI is InChI=1S/C22H36O/c1-8-22(7,9-2)17-11-13-19(5)12-10-14-20(6)21(23)16-15-18(3)4/h8-9,13,15,20H,1-2,10-12,14,16-17H2,3-7H3/b19-13+. The third-order valence-electron chi connectivity index (χ3n) is 4.58. The van der Waals surface area contributed by atoms with Crippen LogP contribution in [0.15, 0.2) is 48.6 Å². The van der Waals surface area contributed by atoms with Crippen molar-refractivity contribution in [2.45, 2.75) is 73.1 Å². The van der Waals surface area contributed by atoms with Gasteiger partial charge in [-0.05, 0) is 52.9 Å². The van der Waals surface area contributed by atoms with Crippen molar-refractivity contribution in [1.29, 1.82) is 0 Å². The fourth-order valence-electron chi connectivity index (χ4n) is 2.37. The minimum Gasteiger partial charge on any atom is -0.299 e. The van der Waals surface area contributed by atoms with Crippen molar-refractivity contribution >= 4 is 5.78 Å².